The Morgan fingerprint density at radius 3 is 2.43 bits per heavy atom. The Balaban J connectivity index is 1.12. The number of ether oxygens (including phenoxy) is 1. The summed E-state index contributed by atoms with van der Waals surface area (Å²) in [6, 6.07) is 16.4. The second-order valence-corrected chi connectivity index (χ2v) is 13.6. The number of piperazine rings is 1. The highest BCUT2D eigenvalue weighted by atomic mass is 35.5. The van der Waals surface area contributed by atoms with E-state index in [4.69, 9.17) is 16.3 Å². The number of anilines is 3. The van der Waals surface area contributed by atoms with Crippen LogP contribution in [0.5, 0.6) is 0 Å². The summed E-state index contributed by atoms with van der Waals surface area (Å²) in [5.74, 6) is -3.49. The predicted octanol–water partition coefficient (Wildman–Crippen LogP) is 3.08. The third-order valence-corrected chi connectivity index (χ3v) is 9.33. The number of carbonyl (C=O) groups excluding carboxylic acids is 4. The predicted molar refractivity (Wildman–Crippen MR) is 192 cm³/mol. The van der Waals surface area contributed by atoms with Crippen molar-refractivity contribution in [2.24, 2.45) is 5.41 Å². The summed E-state index contributed by atoms with van der Waals surface area (Å²) in [4.78, 5) is 71.1. The van der Waals surface area contributed by atoms with Crippen LogP contribution in [0.1, 0.15) is 23.0 Å². The van der Waals surface area contributed by atoms with E-state index in [1.807, 2.05) is 6.92 Å². The number of carbonyl (C=O) groups is 5. The number of hydrogen-bond acceptors (Lipinski definition) is 9. The maximum absolute atomic E-state index is 14.1. The maximum atomic E-state index is 14.1. The number of nitrogens with one attached hydrogen (secondary N) is 4. The first-order valence-electron chi connectivity index (χ1n) is 16.5. The Bertz CT molecular complexity index is 2220. The Hall–Kier alpha value is -6.33. The highest BCUT2D eigenvalue weighted by Gasteiger charge is 2.41. The highest BCUT2D eigenvalue weighted by molar-refractivity contribution is 6.41. The number of aromatic nitrogens is 5. The molecule has 17 nitrogen and oxygen atoms in total. The van der Waals surface area contributed by atoms with Gasteiger partial charge in [0.2, 0.25) is 5.91 Å². The average Bonchev–Trinajstić information content (AvgIpc) is 3.82. The first kappa shape index (κ1) is 35.1. The van der Waals surface area contributed by atoms with Gasteiger partial charge in [-0.05, 0) is 70.6 Å². The van der Waals surface area contributed by atoms with Gasteiger partial charge in [0.25, 0.3) is 0 Å². The molecule has 2 aromatic heterocycles. The normalized spacial score (nSPS) is 15.9. The number of hydrogen-bond donors (Lipinski definition) is 5. The minimum absolute atomic E-state index is 0.00714. The van der Waals surface area contributed by atoms with Crippen LogP contribution in [0.4, 0.5) is 21.9 Å². The van der Waals surface area contributed by atoms with Crippen LogP contribution in [-0.4, -0.2) is 104 Å². The molecule has 0 spiro atoms. The van der Waals surface area contributed by atoms with E-state index >= 15 is 0 Å². The molecule has 53 heavy (non-hydrogen) atoms. The number of carboxylic acids is 1. The van der Waals surface area contributed by atoms with Gasteiger partial charge in [-0.3, -0.25) is 14.4 Å². The van der Waals surface area contributed by atoms with E-state index in [0.29, 0.717) is 64.0 Å². The molecule has 272 valence electrons. The third-order valence-electron chi connectivity index (χ3n) is 9.09. The van der Waals surface area contributed by atoms with Gasteiger partial charge < -0.3 is 40.6 Å². The van der Waals surface area contributed by atoms with E-state index in [-0.39, 0.29) is 36.7 Å². The third kappa shape index (κ3) is 7.51. The molecule has 0 aliphatic carbocycles. The highest BCUT2D eigenvalue weighted by Crippen LogP contribution is 2.30. The van der Waals surface area contributed by atoms with E-state index in [9.17, 15) is 29.1 Å². The van der Waals surface area contributed by atoms with Gasteiger partial charge in [-0.25, -0.2) is 9.59 Å². The molecule has 18 heteroatoms. The van der Waals surface area contributed by atoms with E-state index in [1.165, 1.54) is 32.9 Å². The maximum Gasteiger partial charge on any atom is 0.352 e. The molecule has 5 amide bonds. The molecule has 5 aromatic rings. The number of fused-ring (bicyclic) bond motifs is 1. The van der Waals surface area contributed by atoms with Crippen molar-refractivity contribution < 1.29 is 33.8 Å². The summed E-state index contributed by atoms with van der Waals surface area (Å²) in [7, 11) is 0. The zero-order chi connectivity index (χ0) is 37.3. The molecule has 0 bridgehead atoms. The minimum Gasteiger partial charge on any atom is -0.477 e. The van der Waals surface area contributed by atoms with E-state index in [2.05, 4.69) is 36.5 Å². The quantitative estimate of drug-likeness (QED) is 0.125. The van der Waals surface area contributed by atoms with E-state index in [1.54, 1.807) is 54.6 Å². The molecule has 5 N–H and O–H groups in total. The Morgan fingerprint density at radius 1 is 0.962 bits per heavy atom. The van der Waals surface area contributed by atoms with Crippen molar-refractivity contribution in [3.8, 4) is 5.69 Å². The fraction of sp³-hybridized carbons (Fsp3) is 0.257. The zero-order valence-corrected chi connectivity index (χ0v) is 29.0. The van der Waals surface area contributed by atoms with Crippen LogP contribution in [0.2, 0.25) is 5.02 Å². The molecule has 0 unspecified atom stereocenters. The van der Waals surface area contributed by atoms with Crippen LogP contribution in [0, 0.1) is 5.41 Å². The van der Waals surface area contributed by atoms with E-state index in [0.717, 1.165) is 0 Å². The molecule has 4 heterocycles. The van der Waals surface area contributed by atoms with Gasteiger partial charge >= 0.3 is 23.8 Å². The number of aromatic amines is 1. The first-order chi connectivity index (χ1) is 25.5. The van der Waals surface area contributed by atoms with Crippen LogP contribution in [0.25, 0.3) is 16.6 Å². The number of aromatic carboxylic acids is 1. The Kier molecular flexibility index (Phi) is 9.51. The standard InChI is InChI=1S/C35H33ClN10O7/c1-35(17-53-18-35)16-37-34(52)40-23-5-2-20(3-6-23)12-29(30(47)39-24-7-8-25-21(13-24)14-26(41-25)33(50)51)45-11-10-44(31(48)32(45)49)28-15-22(36)4-9-27(28)46-19-38-42-43-46/h2-9,13-15,19,29,41H,10-12,16-18H2,1H3,(H,39,47)(H,50,51)(H2,37,40,52)/t29-/m0/s1. The zero-order valence-electron chi connectivity index (χ0n) is 28.2. The van der Waals surface area contributed by atoms with E-state index < -0.39 is 29.7 Å². The van der Waals surface area contributed by atoms with Crippen molar-refractivity contribution in [3.63, 3.8) is 0 Å². The monoisotopic (exact) mass is 740 g/mol. The smallest absolute Gasteiger partial charge is 0.352 e. The van der Waals surface area contributed by atoms with Crippen molar-refractivity contribution in [1.29, 1.82) is 0 Å². The molecule has 7 rings (SSSR count). The first-order valence-corrected chi connectivity index (χ1v) is 16.9. The second-order valence-electron chi connectivity index (χ2n) is 13.2. The van der Waals surface area contributed by atoms with Crippen molar-refractivity contribution in [2.45, 2.75) is 19.4 Å². The lowest BCUT2D eigenvalue weighted by molar-refractivity contribution is -0.149. The number of urea groups is 1. The number of halogens is 1. The Morgan fingerprint density at radius 2 is 1.74 bits per heavy atom. The summed E-state index contributed by atoms with van der Waals surface area (Å²) in [5, 5.41) is 30.0. The van der Waals surface area contributed by atoms with Crippen LogP contribution in [0.15, 0.2) is 73.1 Å². The fourth-order valence-corrected chi connectivity index (χ4v) is 6.39. The molecule has 2 aliphatic rings. The van der Waals surface area contributed by atoms with Gasteiger partial charge in [-0.15, -0.1) is 5.10 Å². The summed E-state index contributed by atoms with van der Waals surface area (Å²) in [5.41, 5.74) is 2.71. The molecule has 2 aliphatic heterocycles. The van der Waals surface area contributed by atoms with Crippen molar-refractivity contribution in [1.82, 2.24) is 35.4 Å². The van der Waals surface area contributed by atoms with Gasteiger partial charge in [0, 0.05) is 58.8 Å². The lowest BCUT2D eigenvalue weighted by atomic mass is 9.89. The number of amides is 5. The molecule has 2 saturated heterocycles. The van der Waals surface area contributed by atoms with Gasteiger partial charge in [0.15, 0.2) is 0 Å². The Labute approximate surface area is 306 Å². The van der Waals surface area contributed by atoms with Gasteiger partial charge in [0.1, 0.15) is 18.1 Å². The largest absolute Gasteiger partial charge is 0.477 e. The summed E-state index contributed by atoms with van der Waals surface area (Å²) in [6.07, 6.45) is 1.37. The van der Waals surface area contributed by atoms with Crippen LogP contribution in [-0.2, 0) is 25.5 Å². The molecule has 3 aromatic carbocycles. The lowest BCUT2D eigenvalue weighted by Gasteiger charge is -2.38. The summed E-state index contributed by atoms with van der Waals surface area (Å²) >= 11 is 6.29. The van der Waals surface area contributed by atoms with Gasteiger partial charge in [-0.1, -0.05) is 30.7 Å². The molecular formula is C35H33ClN10O7. The lowest BCUT2D eigenvalue weighted by Crippen LogP contribution is -2.60. The van der Waals surface area contributed by atoms with Gasteiger partial charge in [-0.2, -0.15) is 4.68 Å². The van der Waals surface area contributed by atoms with Crippen LogP contribution in [0.3, 0.4) is 0 Å². The number of H-pyrrole nitrogens is 1. The topological polar surface area (TPSA) is 217 Å². The summed E-state index contributed by atoms with van der Waals surface area (Å²) < 4.78 is 6.58. The van der Waals surface area contributed by atoms with Crippen LogP contribution < -0.4 is 20.9 Å². The molecule has 0 saturated carbocycles. The van der Waals surface area contributed by atoms with Gasteiger partial charge in [0.05, 0.1) is 24.6 Å². The van der Waals surface area contributed by atoms with Crippen LogP contribution >= 0.6 is 11.6 Å². The van der Waals surface area contributed by atoms with Crippen molar-refractivity contribution in [3.05, 3.63) is 89.3 Å². The number of benzene rings is 3. The van der Waals surface area contributed by atoms with Crippen molar-refractivity contribution >= 4 is 69.3 Å². The molecule has 1 atom stereocenters. The fourth-order valence-electron chi connectivity index (χ4n) is 6.22. The average molecular weight is 741 g/mol. The summed E-state index contributed by atoms with van der Waals surface area (Å²) in [6.45, 7) is 3.66. The molecule has 2 fully saturated rings. The SMILES string of the molecule is CC1(CNC(=O)Nc2ccc(C[C@@H](C(=O)Nc3ccc4[nH]c(C(=O)O)cc4c3)N3CCN(c4cc(Cl)ccc4-n4cnnn4)C(=O)C3=O)cc2)COC1. The van der Waals surface area contributed by atoms with Crippen molar-refractivity contribution in [2.75, 3.05) is 48.4 Å². The number of tetrazole rings is 1. The molecule has 0 radical (unpaired) electrons. The molecular weight excluding hydrogens is 708 g/mol. The second kappa shape index (κ2) is 14.4. The minimum atomic E-state index is -1.14. The number of carboxylic acid groups (broad SMARTS) is 1. The number of nitrogens with zero attached hydrogens (tertiary/aromatic N) is 6. The number of rotatable bonds is 11.